The Morgan fingerprint density at radius 1 is 0.667 bits per heavy atom. The van der Waals surface area contributed by atoms with E-state index in [0.29, 0.717) is 12.1 Å². The molecule has 0 aromatic heterocycles. The summed E-state index contributed by atoms with van der Waals surface area (Å²) in [6, 6.07) is 1.35. The summed E-state index contributed by atoms with van der Waals surface area (Å²) in [6.07, 6.45) is 10.4. The van der Waals surface area contributed by atoms with Crippen LogP contribution in [-0.4, -0.2) is 58.8 Å². The second-order valence-electron chi connectivity index (χ2n) is 12.9. The van der Waals surface area contributed by atoms with E-state index in [4.69, 9.17) is 0 Å². The van der Waals surface area contributed by atoms with Crippen LogP contribution in [0.2, 0.25) is 0 Å². The average molecular weight is 423 g/mol. The number of nitrogens with one attached hydrogen (secondary N) is 3. The van der Waals surface area contributed by atoms with Gasteiger partial charge in [-0.2, -0.15) is 0 Å². The third-order valence-electron chi connectivity index (χ3n) is 7.05. The van der Waals surface area contributed by atoms with Gasteiger partial charge in [0.2, 0.25) is 0 Å². The molecule has 0 aromatic carbocycles. The van der Waals surface area contributed by atoms with E-state index < -0.39 is 0 Å². The topological polar surface area (TPSA) is 39.3 Å². The first-order chi connectivity index (χ1) is 13.7. The monoisotopic (exact) mass is 422 g/mol. The van der Waals surface area contributed by atoms with Crippen molar-refractivity contribution in [2.24, 2.45) is 0 Å². The normalized spacial score (nSPS) is 26.2. The Morgan fingerprint density at radius 2 is 1.07 bits per heavy atom. The molecule has 2 aliphatic rings. The summed E-state index contributed by atoms with van der Waals surface area (Å²) in [4.78, 5) is 2.96. The predicted molar refractivity (Wildman–Crippen MR) is 132 cm³/mol. The molecule has 0 atom stereocenters. The average Bonchev–Trinajstić information content (AvgIpc) is 2.51. The molecule has 0 spiro atoms. The van der Waals surface area contributed by atoms with Crippen molar-refractivity contribution in [1.82, 2.24) is 20.9 Å². The van der Waals surface area contributed by atoms with E-state index in [1.54, 1.807) is 0 Å². The summed E-state index contributed by atoms with van der Waals surface area (Å²) in [5.41, 5.74) is 0.811. The molecule has 0 aliphatic carbocycles. The van der Waals surface area contributed by atoms with Gasteiger partial charge in [0.25, 0.3) is 0 Å². The lowest BCUT2D eigenvalue weighted by atomic mass is 9.75. The van der Waals surface area contributed by atoms with E-state index in [9.17, 15) is 0 Å². The molecule has 4 nitrogen and oxygen atoms in total. The molecule has 0 aromatic rings. The predicted octanol–water partition coefficient (Wildman–Crippen LogP) is 5.08. The van der Waals surface area contributed by atoms with Crippen molar-refractivity contribution in [3.63, 3.8) is 0 Å². The largest absolute Gasteiger partial charge is 0.317 e. The minimum Gasteiger partial charge on any atom is -0.317 e. The molecule has 4 heteroatoms. The lowest BCUT2D eigenvalue weighted by molar-refractivity contribution is -0.00297. The Hall–Kier alpha value is -0.160. The van der Waals surface area contributed by atoms with Crippen LogP contribution in [0.25, 0.3) is 0 Å². The zero-order valence-electron chi connectivity index (χ0n) is 21.9. The Labute approximate surface area is 188 Å². The highest BCUT2D eigenvalue weighted by Crippen LogP contribution is 2.38. The Balaban J connectivity index is 2.10. The van der Waals surface area contributed by atoms with Gasteiger partial charge in [0, 0.05) is 34.2 Å². The highest BCUT2D eigenvalue weighted by Gasteiger charge is 2.45. The third kappa shape index (κ3) is 8.41. The van der Waals surface area contributed by atoms with Crippen LogP contribution >= 0.6 is 0 Å². The molecule has 0 radical (unpaired) electrons. The van der Waals surface area contributed by atoms with Crippen LogP contribution < -0.4 is 16.0 Å². The van der Waals surface area contributed by atoms with Gasteiger partial charge in [-0.05, 0) is 114 Å². The van der Waals surface area contributed by atoms with Crippen LogP contribution in [-0.2, 0) is 0 Å². The summed E-state index contributed by atoms with van der Waals surface area (Å²) in [5, 5.41) is 11.3. The Kier molecular flexibility index (Phi) is 8.86. The van der Waals surface area contributed by atoms with Gasteiger partial charge in [-0.1, -0.05) is 19.8 Å². The molecule has 0 amide bonds. The lowest BCUT2D eigenvalue weighted by Crippen LogP contribution is -2.67. The van der Waals surface area contributed by atoms with E-state index in [1.807, 2.05) is 0 Å². The first kappa shape index (κ1) is 26.1. The van der Waals surface area contributed by atoms with E-state index in [0.717, 1.165) is 6.54 Å². The second kappa shape index (κ2) is 10.2. The van der Waals surface area contributed by atoms with Gasteiger partial charge in [-0.25, -0.2) is 0 Å². The van der Waals surface area contributed by atoms with E-state index >= 15 is 0 Å². The molecule has 2 aliphatic heterocycles. The molecule has 30 heavy (non-hydrogen) atoms. The van der Waals surface area contributed by atoms with Gasteiger partial charge in [0.05, 0.1) is 0 Å². The maximum atomic E-state index is 3.90. The van der Waals surface area contributed by atoms with Crippen molar-refractivity contribution in [2.45, 2.75) is 148 Å². The highest BCUT2D eigenvalue weighted by atomic mass is 15.2. The van der Waals surface area contributed by atoms with Crippen molar-refractivity contribution >= 4 is 0 Å². The van der Waals surface area contributed by atoms with Crippen molar-refractivity contribution in [1.29, 1.82) is 0 Å². The molecular weight excluding hydrogens is 368 g/mol. The maximum absolute atomic E-state index is 3.90. The number of piperidine rings is 2. The van der Waals surface area contributed by atoms with Crippen LogP contribution in [0, 0.1) is 0 Å². The van der Waals surface area contributed by atoms with E-state index in [1.165, 1.54) is 64.5 Å². The molecule has 2 saturated heterocycles. The molecule has 2 rings (SSSR count). The molecule has 2 heterocycles. The molecule has 0 unspecified atom stereocenters. The summed E-state index contributed by atoms with van der Waals surface area (Å²) in [5.74, 6) is 0. The van der Waals surface area contributed by atoms with E-state index in [-0.39, 0.29) is 22.2 Å². The summed E-state index contributed by atoms with van der Waals surface area (Å²) >= 11 is 0. The quantitative estimate of drug-likeness (QED) is 0.430. The fourth-order valence-electron chi connectivity index (χ4n) is 6.74. The summed E-state index contributed by atoms with van der Waals surface area (Å²) in [6.45, 7) is 24.9. The van der Waals surface area contributed by atoms with Gasteiger partial charge in [0.1, 0.15) is 0 Å². The number of rotatable bonds is 10. The maximum Gasteiger partial charge on any atom is 0.0145 e. The van der Waals surface area contributed by atoms with E-state index in [2.05, 4.69) is 83.2 Å². The van der Waals surface area contributed by atoms with Gasteiger partial charge in [0.15, 0.2) is 0 Å². The number of unbranched alkanes of at least 4 members (excludes halogenated alkanes) is 3. The van der Waals surface area contributed by atoms with Gasteiger partial charge in [-0.3, -0.25) is 4.90 Å². The van der Waals surface area contributed by atoms with Gasteiger partial charge < -0.3 is 16.0 Å². The van der Waals surface area contributed by atoms with Crippen molar-refractivity contribution in [2.75, 3.05) is 19.6 Å². The molecular formula is C26H54N4. The van der Waals surface area contributed by atoms with Crippen LogP contribution in [0.1, 0.15) is 114 Å². The summed E-state index contributed by atoms with van der Waals surface area (Å²) in [7, 11) is 0. The molecule has 0 bridgehead atoms. The van der Waals surface area contributed by atoms with Crippen molar-refractivity contribution in [3.05, 3.63) is 0 Å². The Bertz CT molecular complexity index is 453. The Morgan fingerprint density at radius 3 is 1.47 bits per heavy atom. The SMILES string of the molecule is CCNCCCCCCN(C1CC(C)(C)NC(C)(C)C1)C1CC(C)(C)NC(C)(C)C1. The van der Waals surface area contributed by atoms with Crippen LogP contribution in [0.5, 0.6) is 0 Å². The summed E-state index contributed by atoms with van der Waals surface area (Å²) < 4.78 is 0. The zero-order valence-corrected chi connectivity index (χ0v) is 21.9. The number of hydrogen-bond acceptors (Lipinski definition) is 4. The first-order valence-electron chi connectivity index (χ1n) is 12.8. The van der Waals surface area contributed by atoms with Crippen LogP contribution in [0.4, 0.5) is 0 Å². The minimum absolute atomic E-state index is 0.203. The second-order valence-corrected chi connectivity index (χ2v) is 12.9. The minimum atomic E-state index is 0.203. The van der Waals surface area contributed by atoms with Crippen molar-refractivity contribution in [3.8, 4) is 0 Å². The van der Waals surface area contributed by atoms with Gasteiger partial charge in [-0.15, -0.1) is 0 Å². The molecule has 2 fully saturated rings. The fourth-order valence-corrected chi connectivity index (χ4v) is 6.74. The standard InChI is InChI=1S/C26H54N4/c1-10-27-15-13-11-12-14-16-30(21-17-23(2,3)28-24(4,5)18-21)22-19-25(6,7)29-26(8,9)20-22/h21-22,27-29H,10-20H2,1-9H3. The fraction of sp³-hybridized carbons (Fsp3) is 1.00. The first-order valence-corrected chi connectivity index (χ1v) is 12.8. The van der Waals surface area contributed by atoms with Crippen molar-refractivity contribution < 1.29 is 0 Å². The zero-order chi connectivity index (χ0) is 22.6. The molecule has 178 valence electrons. The van der Waals surface area contributed by atoms with Gasteiger partial charge >= 0.3 is 0 Å². The third-order valence-corrected chi connectivity index (χ3v) is 7.05. The number of nitrogens with zero attached hydrogens (tertiary/aromatic N) is 1. The number of hydrogen-bond donors (Lipinski definition) is 3. The smallest absolute Gasteiger partial charge is 0.0145 e. The van der Waals surface area contributed by atoms with Crippen LogP contribution in [0.3, 0.4) is 0 Å². The van der Waals surface area contributed by atoms with Crippen LogP contribution in [0.15, 0.2) is 0 Å². The molecule has 0 saturated carbocycles. The molecule has 3 N–H and O–H groups in total. The lowest BCUT2D eigenvalue weighted by Gasteiger charge is -2.55. The highest BCUT2D eigenvalue weighted by molar-refractivity contribution is 5.05.